The van der Waals surface area contributed by atoms with Crippen LogP contribution in [0.25, 0.3) is 21.5 Å². The summed E-state index contributed by atoms with van der Waals surface area (Å²) < 4.78 is 1.51. The first-order valence-electron chi connectivity index (χ1n) is 7.40. The first-order chi connectivity index (χ1) is 10.7. The first kappa shape index (κ1) is 22.4. The molecule has 0 spiro atoms. The van der Waals surface area contributed by atoms with Crippen LogP contribution >= 0.6 is 0 Å². The fourth-order valence-electron chi connectivity index (χ4n) is 2.22. The fraction of sp³-hybridized carbons (Fsp3) is 0.0870. The molecule has 0 aliphatic carbocycles. The second-order valence-electron chi connectivity index (χ2n) is 5.28. The van der Waals surface area contributed by atoms with Crippen molar-refractivity contribution in [2.45, 2.75) is 13.8 Å². The topological polar surface area (TPSA) is 0 Å². The molecule has 0 radical (unpaired) electrons. The maximum atomic E-state index is 2.24. The average molecular weight is 394 g/mol. The largest absolute Gasteiger partial charge is 0.358 e. The van der Waals surface area contributed by atoms with Gasteiger partial charge in [0.15, 0.2) is 0 Å². The third kappa shape index (κ3) is 6.89. The quantitative estimate of drug-likeness (QED) is 0.289. The van der Waals surface area contributed by atoms with E-state index in [0.29, 0.717) is 0 Å². The minimum atomic E-state index is 0. The summed E-state index contributed by atoms with van der Waals surface area (Å²) >= 11 is 1.55. The zero-order valence-electron chi connectivity index (χ0n) is 15.1. The SMILES string of the molecule is C[C](C)=[Zr].[CH3-].[CH3-].c1cc[cH-]c1.c1ccc2c(c1)[cH-]c1ccccc12. The smallest absolute Gasteiger partial charge is 0.0771 e. The molecular weight excluding hydrogens is 367 g/mol. The van der Waals surface area contributed by atoms with Gasteiger partial charge < -0.3 is 14.9 Å². The Labute approximate surface area is 162 Å². The van der Waals surface area contributed by atoms with Gasteiger partial charge in [0.1, 0.15) is 0 Å². The zero-order valence-corrected chi connectivity index (χ0v) is 17.5. The van der Waals surface area contributed by atoms with Gasteiger partial charge in [-0.1, -0.05) is 36.4 Å². The fourth-order valence-corrected chi connectivity index (χ4v) is 2.22. The Kier molecular flexibility index (Phi) is 11.1. The van der Waals surface area contributed by atoms with E-state index < -0.39 is 0 Å². The van der Waals surface area contributed by atoms with E-state index in [1.807, 2.05) is 30.3 Å². The van der Waals surface area contributed by atoms with Crippen molar-refractivity contribution in [2.75, 3.05) is 0 Å². The van der Waals surface area contributed by atoms with Gasteiger partial charge in [0.25, 0.3) is 0 Å². The monoisotopic (exact) mass is 392 g/mol. The Morgan fingerprint density at radius 2 is 1.08 bits per heavy atom. The van der Waals surface area contributed by atoms with Crippen molar-refractivity contribution in [3.8, 4) is 0 Å². The Bertz CT molecular complexity index is 748. The van der Waals surface area contributed by atoms with Crippen LogP contribution in [-0.4, -0.2) is 3.21 Å². The van der Waals surface area contributed by atoms with E-state index in [-0.39, 0.29) is 14.9 Å². The van der Waals surface area contributed by atoms with E-state index in [9.17, 15) is 0 Å². The van der Waals surface area contributed by atoms with Crippen LogP contribution in [0.15, 0.2) is 84.9 Å². The molecule has 0 nitrogen and oxygen atoms in total. The van der Waals surface area contributed by atoms with E-state index in [2.05, 4.69) is 68.4 Å². The molecule has 0 saturated carbocycles. The molecule has 4 aromatic rings. The van der Waals surface area contributed by atoms with E-state index in [0.717, 1.165) is 0 Å². The van der Waals surface area contributed by atoms with Gasteiger partial charge in [0.2, 0.25) is 0 Å². The number of fused-ring (bicyclic) bond motifs is 3. The normalized spacial score (nSPS) is 8.71. The summed E-state index contributed by atoms with van der Waals surface area (Å²) in [6.45, 7) is 4.25. The summed E-state index contributed by atoms with van der Waals surface area (Å²) in [6, 6.07) is 29.3. The van der Waals surface area contributed by atoms with Crippen LogP contribution in [0.1, 0.15) is 13.8 Å². The van der Waals surface area contributed by atoms with Gasteiger partial charge in [-0.2, -0.15) is 18.2 Å². The van der Waals surface area contributed by atoms with Crippen LogP contribution < -0.4 is 0 Å². The Hall–Kier alpha value is -1.59. The number of hydrogen-bond donors (Lipinski definition) is 0. The molecule has 0 N–H and O–H groups in total. The van der Waals surface area contributed by atoms with Crippen molar-refractivity contribution in [3.63, 3.8) is 0 Å². The van der Waals surface area contributed by atoms with Gasteiger partial charge in [0, 0.05) is 0 Å². The molecule has 0 aliphatic heterocycles. The third-order valence-corrected chi connectivity index (χ3v) is 3.08. The minimum absolute atomic E-state index is 0. The molecule has 4 aromatic carbocycles. The summed E-state index contributed by atoms with van der Waals surface area (Å²) in [5, 5.41) is 5.39. The van der Waals surface area contributed by atoms with Gasteiger partial charge in [-0.25, -0.2) is 12.1 Å². The van der Waals surface area contributed by atoms with Crippen molar-refractivity contribution in [1.29, 1.82) is 0 Å². The predicted molar refractivity (Wildman–Crippen MR) is 108 cm³/mol. The van der Waals surface area contributed by atoms with Crippen molar-refractivity contribution in [1.82, 2.24) is 0 Å². The molecule has 0 heterocycles. The van der Waals surface area contributed by atoms with E-state index >= 15 is 0 Å². The molecule has 0 aliphatic rings. The van der Waals surface area contributed by atoms with Gasteiger partial charge in [0.05, 0.1) is 0 Å². The third-order valence-electron chi connectivity index (χ3n) is 3.08. The molecule has 1 heteroatoms. The molecule has 0 amide bonds. The summed E-state index contributed by atoms with van der Waals surface area (Å²) in [4.78, 5) is 0. The van der Waals surface area contributed by atoms with Crippen molar-refractivity contribution < 1.29 is 24.2 Å². The van der Waals surface area contributed by atoms with E-state index in [4.69, 9.17) is 0 Å². The Morgan fingerprint density at radius 3 is 1.42 bits per heavy atom. The number of rotatable bonds is 0. The van der Waals surface area contributed by atoms with Gasteiger partial charge >= 0.3 is 41.3 Å². The maximum Gasteiger partial charge on any atom is -0.0771 e. The molecule has 126 valence electrons. The van der Waals surface area contributed by atoms with E-state index in [1.54, 1.807) is 24.2 Å². The molecular formula is C23H26Zr-4. The first-order valence-corrected chi connectivity index (χ1v) is 8.63. The van der Waals surface area contributed by atoms with Crippen LogP contribution in [0.5, 0.6) is 0 Å². The maximum absolute atomic E-state index is 2.24. The molecule has 0 unspecified atom stereocenters. The summed E-state index contributed by atoms with van der Waals surface area (Å²) in [5.41, 5.74) is 0. The van der Waals surface area contributed by atoms with Gasteiger partial charge in [-0.15, -0.1) is 39.7 Å². The second kappa shape index (κ2) is 11.9. The zero-order chi connectivity index (χ0) is 15.8. The van der Waals surface area contributed by atoms with Crippen molar-refractivity contribution in [2.24, 2.45) is 0 Å². The van der Waals surface area contributed by atoms with Crippen LogP contribution in [-0.2, 0) is 24.2 Å². The number of benzene rings is 2. The molecule has 0 saturated heterocycles. The van der Waals surface area contributed by atoms with E-state index in [1.165, 1.54) is 24.8 Å². The number of hydrogen-bond acceptors (Lipinski definition) is 0. The summed E-state index contributed by atoms with van der Waals surface area (Å²) in [5.74, 6) is 0. The van der Waals surface area contributed by atoms with Gasteiger partial charge in [-0.05, 0) is 0 Å². The summed E-state index contributed by atoms with van der Waals surface area (Å²) in [6.07, 6.45) is 0. The van der Waals surface area contributed by atoms with Crippen LogP contribution in [0.3, 0.4) is 0 Å². The Balaban J connectivity index is 0.000000409. The standard InChI is InChI=1S/C13H9.C5H5.C3H6.2CH3.Zr/c1-3-7-12-10(5-1)9-11-6-2-4-8-13(11)12;1-2-4-5-3-1;1-3-2;;;/h1-9H;1-5H;1-2H3;2*1H3;/q2*-1;;2*-1;. The molecule has 0 atom stereocenters. The summed E-state index contributed by atoms with van der Waals surface area (Å²) in [7, 11) is 0. The van der Waals surface area contributed by atoms with Gasteiger partial charge in [-0.3, -0.25) is 0 Å². The molecule has 0 bridgehead atoms. The molecule has 4 rings (SSSR count). The average Bonchev–Trinajstić information content (AvgIpc) is 3.18. The molecule has 0 aromatic heterocycles. The van der Waals surface area contributed by atoms with Crippen molar-refractivity contribution in [3.05, 3.63) is 99.8 Å². The minimum Gasteiger partial charge on any atom is -0.358 e. The second-order valence-corrected chi connectivity index (χ2v) is 7.74. The van der Waals surface area contributed by atoms with Crippen LogP contribution in [0.4, 0.5) is 0 Å². The molecule has 0 fully saturated rings. The predicted octanol–water partition coefficient (Wildman–Crippen LogP) is 6.76. The van der Waals surface area contributed by atoms with Crippen LogP contribution in [0, 0.1) is 14.9 Å². The molecule has 24 heavy (non-hydrogen) atoms. The van der Waals surface area contributed by atoms with Crippen molar-refractivity contribution >= 4 is 24.8 Å². The Morgan fingerprint density at radius 1 is 0.708 bits per heavy atom. The van der Waals surface area contributed by atoms with Crippen LogP contribution in [0.2, 0.25) is 0 Å².